The van der Waals surface area contributed by atoms with Crippen LogP contribution in [-0.2, 0) is 57.1 Å². The van der Waals surface area contributed by atoms with Gasteiger partial charge in [-0.2, -0.15) is 0 Å². The van der Waals surface area contributed by atoms with Crippen molar-refractivity contribution in [3.8, 4) is 0 Å². The van der Waals surface area contributed by atoms with Crippen molar-refractivity contribution in [2.45, 2.75) is 77.2 Å². The minimum atomic E-state index is -1.20. The number of hydrogen-bond acceptors (Lipinski definition) is 12. The number of fused-ring (bicyclic) bond motifs is 1. The molecular weight excluding hydrogens is 444 g/mol. The molecule has 2 aliphatic rings. The summed E-state index contributed by atoms with van der Waals surface area (Å²) in [6.45, 7) is 6.44. The van der Waals surface area contributed by atoms with E-state index in [1.54, 1.807) is 13.8 Å². The molecule has 0 bridgehead atoms. The molecule has 0 aliphatic carbocycles. The number of esters is 4. The largest absolute Gasteiger partial charge is 0.462 e. The van der Waals surface area contributed by atoms with Gasteiger partial charge < -0.3 is 37.9 Å². The molecule has 6 atom stereocenters. The maximum atomic E-state index is 12.3. The van der Waals surface area contributed by atoms with Gasteiger partial charge in [-0.1, -0.05) is 0 Å². The zero-order valence-corrected chi connectivity index (χ0v) is 19.4. The van der Waals surface area contributed by atoms with Crippen LogP contribution in [0.2, 0.25) is 0 Å². The van der Waals surface area contributed by atoms with E-state index in [9.17, 15) is 19.2 Å². The Morgan fingerprint density at radius 3 is 2.15 bits per heavy atom. The molecule has 12 heteroatoms. The minimum absolute atomic E-state index is 0.150. The lowest BCUT2D eigenvalue weighted by Crippen LogP contribution is -2.37. The third-order valence-corrected chi connectivity index (χ3v) is 4.59. The molecule has 0 aromatic carbocycles. The molecular formula is C21H30O12. The first-order chi connectivity index (χ1) is 15.4. The summed E-state index contributed by atoms with van der Waals surface area (Å²) in [4.78, 5) is 46.3. The fourth-order valence-electron chi connectivity index (χ4n) is 3.39. The van der Waals surface area contributed by atoms with E-state index < -0.39 is 66.5 Å². The summed E-state index contributed by atoms with van der Waals surface area (Å²) in [6.07, 6.45) is -2.43. The maximum absolute atomic E-state index is 12.3. The number of carbonyl (C=O) groups is 4. The van der Waals surface area contributed by atoms with E-state index in [4.69, 9.17) is 37.9 Å². The average molecular weight is 474 g/mol. The Hall–Kier alpha value is -2.54. The van der Waals surface area contributed by atoms with E-state index in [0.717, 1.165) is 19.9 Å². The van der Waals surface area contributed by atoms with Gasteiger partial charge in [0.2, 0.25) is 0 Å². The Morgan fingerprint density at radius 1 is 0.939 bits per heavy atom. The van der Waals surface area contributed by atoms with Crippen LogP contribution < -0.4 is 0 Å². The lowest BCUT2D eigenvalue weighted by Gasteiger charge is -2.24. The number of ether oxygens (including phenoxy) is 8. The topological polar surface area (TPSA) is 142 Å². The molecule has 0 aromatic heterocycles. The molecule has 0 spiro atoms. The fraction of sp³-hybridized carbons (Fsp3) is 0.714. The Balaban J connectivity index is 2.00. The maximum Gasteiger partial charge on any atom is 0.330 e. The van der Waals surface area contributed by atoms with Crippen molar-refractivity contribution in [1.29, 1.82) is 0 Å². The summed E-state index contributed by atoms with van der Waals surface area (Å²) in [5, 5.41) is 0. The van der Waals surface area contributed by atoms with Gasteiger partial charge in [0.05, 0.1) is 0 Å². The van der Waals surface area contributed by atoms with E-state index in [1.165, 1.54) is 20.1 Å². The Bertz CT molecular complexity index is 760. The van der Waals surface area contributed by atoms with Gasteiger partial charge in [-0.05, 0) is 19.9 Å². The van der Waals surface area contributed by atoms with Crippen LogP contribution in [0.1, 0.15) is 34.6 Å². The van der Waals surface area contributed by atoms with Gasteiger partial charge in [0.1, 0.15) is 31.5 Å². The van der Waals surface area contributed by atoms with Gasteiger partial charge in [0.15, 0.2) is 24.3 Å². The molecule has 0 unspecified atom stereocenters. The number of carbonyl (C=O) groups excluding carboxylic acids is 4. The molecule has 12 nitrogen and oxygen atoms in total. The van der Waals surface area contributed by atoms with Crippen LogP contribution in [0.3, 0.4) is 0 Å². The summed E-state index contributed by atoms with van der Waals surface area (Å²) >= 11 is 0. The summed E-state index contributed by atoms with van der Waals surface area (Å²) in [7, 11) is 1.47. The lowest BCUT2D eigenvalue weighted by molar-refractivity contribution is -0.231. The smallest absolute Gasteiger partial charge is 0.330 e. The van der Waals surface area contributed by atoms with E-state index in [-0.39, 0.29) is 13.2 Å². The van der Waals surface area contributed by atoms with Gasteiger partial charge in [0, 0.05) is 34.0 Å². The molecule has 0 N–H and O–H groups in total. The van der Waals surface area contributed by atoms with Crippen molar-refractivity contribution in [1.82, 2.24) is 0 Å². The standard InChI is InChI=1S/C21H30O12/c1-11(22)27-9-15(30-13(3)24)14(29-12(2)23)7-8-17(25)28-10-16-18-19(20(26-6)31-16)33-21(4,5)32-18/h7-8,14-16,18-20H,9-10H2,1-6H3/b8-7+/t14-,15+,16-,18-,19-,20-/m1/s1. The molecule has 2 aliphatic heterocycles. The van der Waals surface area contributed by atoms with E-state index in [1.807, 2.05) is 0 Å². The molecule has 33 heavy (non-hydrogen) atoms. The van der Waals surface area contributed by atoms with Gasteiger partial charge >= 0.3 is 23.9 Å². The molecule has 2 heterocycles. The summed E-state index contributed by atoms with van der Waals surface area (Å²) in [5.41, 5.74) is 0. The van der Waals surface area contributed by atoms with E-state index in [0.29, 0.717) is 0 Å². The van der Waals surface area contributed by atoms with Crippen LogP contribution in [0.15, 0.2) is 12.2 Å². The SMILES string of the molecule is CO[C@@H]1O[C@H](COC(=O)/C=C/[C@@H](OC(C)=O)[C@H](COC(C)=O)OC(C)=O)[C@H]2OC(C)(C)O[C@@H]12. The van der Waals surface area contributed by atoms with Gasteiger partial charge in [0.25, 0.3) is 0 Å². The molecule has 2 fully saturated rings. The highest BCUT2D eigenvalue weighted by Crippen LogP contribution is 2.38. The van der Waals surface area contributed by atoms with Crippen LogP contribution in [0.25, 0.3) is 0 Å². The van der Waals surface area contributed by atoms with E-state index in [2.05, 4.69) is 0 Å². The number of methoxy groups -OCH3 is 1. The van der Waals surface area contributed by atoms with Crippen molar-refractivity contribution in [3.05, 3.63) is 12.2 Å². The number of rotatable bonds is 10. The second-order valence-electron chi connectivity index (χ2n) is 7.86. The third-order valence-electron chi connectivity index (χ3n) is 4.59. The monoisotopic (exact) mass is 474 g/mol. The van der Waals surface area contributed by atoms with Crippen molar-refractivity contribution in [2.75, 3.05) is 20.3 Å². The minimum Gasteiger partial charge on any atom is -0.462 e. The zero-order valence-electron chi connectivity index (χ0n) is 19.4. The lowest BCUT2D eigenvalue weighted by atomic mass is 10.1. The van der Waals surface area contributed by atoms with Crippen LogP contribution in [-0.4, -0.2) is 86.8 Å². The molecule has 0 aromatic rings. The van der Waals surface area contributed by atoms with Gasteiger partial charge in [-0.25, -0.2) is 4.79 Å². The summed E-state index contributed by atoms with van der Waals surface area (Å²) < 4.78 is 42.8. The predicted molar refractivity (Wildman–Crippen MR) is 107 cm³/mol. The Morgan fingerprint density at radius 2 is 1.58 bits per heavy atom. The van der Waals surface area contributed by atoms with Crippen LogP contribution in [0.4, 0.5) is 0 Å². The first-order valence-electron chi connectivity index (χ1n) is 10.3. The molecule has 0 saturated carbocycles. The first-order valence-corrected chi connectivity index (χ1v) is 10.3. The number of hydrogen-bond donors (Lipinski definition) is 0. The van der Waals surface area contributed by atoms with Crippen LogP contribution >= 0.6 is 0 Å². The zero-order chi connectivity index (χ0) is 24.8. The van der Waals surface area contributed by atoms with Crippen molar-refractivity contribution < 1.29 is 57.1 Å². The molecule has 2 saturated heterocycles. The average Bonchev–Trinajstić information content (AvgIpc) is 3.18. The fourth-order valence-corrected chi connectivity index (χ4v) is 3.39. The van der Waals surface area contributed by atoms with Gasteiger partial charge in [-0.15, -0.1) is 0 Å². The third kappa shape index (κ3) is 8.07. The summed E-state index contributed by atoms with van der Waals surface area (Å²) in [6, 6.07) is 0. The highest BCUT2D eigenvalue weighted by Gasteiger charge is 2.55. The van der Waals surface area contributed by atoms with Crippen molar-refractivity contribution in [3.63, 3.8) is 0 Å². The predicted octanol–water partition coefficient (Wildman–Crippen LogP) is 0.404. The second kappa shape index (κ2) is 11.5. The summed E-state index contributed by atoms with van der Waals surface area (Å²) in [5.74, 6) is -3.62. The molecule has 2 rings (SSSR count). The van der Waals surface area contributed by atoms with Crippen LogP contribution in [0, 0.1) is 0 Å². The van der Waals surface area contributed by atoms with Crippen LogP contribution in [0.5, 0.6) is 0 Å². The highest BCUT2D eigenvalue weighted by molar-refractivity contribution is 5.82. The first kappa shape index (κ1) is 26.7. The van der Waals surface area contributed by atoms with Crippen molar-refractivity contribution in [2.24, 2.45) is 0 Å². The van der Waals surface area contributed by atoms with Gasteiger partial charge in [-0.3, -0.25) is 14.4 Å². The van der Waals surface area contributed by atoms with E-state index >= 15 is 0 Å². The normalized spacial score (nSPS) is 27.5. The highest BCUT2D eigenvalue weighted by atomic mass is 16.8. The Labute approximate surface area is 191 Å². The molecule has 0 radical (unpaired) electrons. The van der Waals surface area contributed by atoms with Crippen molar-refractivity contribution >= 4 is 23.9 Å². The molecule has 0 amide bonds. The Kier molecular flexibility index (Phi) is 9.35. The quantitative estimate of drug-likeness (QED) is 0.246. The second-order valence-corrected chi connectivity index (χ2v) is 7.86. The molecule has 186 valence electrons.